The summed E-state index contributed by atoms with van der Waals surface area (Å²) >= 11 is 2.23. The first-order valence-corrected chi connectivity index (χ1v) is 7.12. The second kappa shape index (κ2) is 6.58. The van der Waals surface area contributed by atoms with Gasteiger partial charge in [-0.15, -0.1) is 0 Å². The van der Waals surface area contributed by atoms with Gasteiger partial charge in [0.1, 0.15) is 6.34 Å². The van der Waals surface area contributed by atoms with Gasteiger partial charge in [0.25, 0.3) is 10.0 Å². The third kappa shape index (κ3) is 8.48. The Balaban J connectivity index is 3.95. The lowest BCUT2D eigenvalue weighted by Gasteiger charge is -2.02. The maximum absolute atomic E-state index is 11.2. The van der Waals surface area contributed by atoms with Crippen LogP contribution in [-0.2, 0) is 10.0 Å². The topological polar surface area (TPSA) is 49.7 Å². The molecule has 0 aromatic heterocycles. The van der Waals surface area contributed by atoms with Crippen molar-refractivity contribution in [1.82, 2.24) is 4.90 Å². The minimum Gasteiger partial charge on any atom is -0.368 e. The molecule has 0 rings (SSSR count). The van der Waals surface area contributed by atoms with Gasteiger partial charge >= 0.3 is 0 Å². The van der Waals surface area contributed by atoms with Crippen molar-refractivity contribution in [2.75, 3.05) is 24.3 Å². The minimum atomic E-state index is -3.22. The van der Waals surface area contributed by atoms with Gasteiger partial charge < -0.3 is 4.90 Å². The Morgan fingerprint density at radius 1 is 1.38 bits per heavy atom. The first-order chi connectivity index (χ1) is 5.98. The molecule has 0 radical (unpaired) electrons. The molecule has 0 aliphatic heterocycles. The van der Waals surface area contributed by atoms with Gasteiger partial charge in [0.05, 0.1) is 5.75 Å². The van der Waals surface area contributed by atoms with Crippen LogP contribution in [0.25, 0.3) is 0 Å². The van der Waals surface area contributed by atoms with Crippen LogP contribution in [0.2, 0.25) is 0 Å². The molecular formula is C7H15IN2O2S. The van der Waals surface area contributed by atoms with E-state index in [0.717, 1.165) is 10.8 Å². The quantitative estimate of drug-likeness (QED) is 0.242. The molecule has 0 spiro atoms. The van der Waals surface area contributed by atoms with Crippen molar-refractivity contribution < 1.29 is 8.42 Å². The summed E-state index contributed by atoms with van der Waals surface area (Å²) in [6, 6.07) is 0. The standard InChI is InChI=1S/C7H15IN2O2S/c1-10(2)7-9-13(11,12)6-4-3-5-8/h7H,3-6H2,1-2H3/b9-7+. The zero-order chi connectivity index (χ0) is 10.3. The van der Waals surface area contributed by atoms with Gasteiger partial charge in [-0.3, -0.25) is 0 Å². The second-order valence-corrected chi connectivity index (χ2v) is 5.73. The van der Waals surface area contributed by atoms with E-state index in [1.54, 1.807) is 19.0 Å². The van der Waals surface area contributed by atoms with E-state index in [9.17, 15) is 8.42 Å². The van der Waals surface area contributed by atoms with Gasteiger partial charge in [-0.1, -0.05) is 22.6 Å². The number of hydrogen-bond acceptors (Lipinski definition) is 2. The van der Waals surface area contributed by atoms with E-state index in [4.69, 9.17) is 0 Å². The Kier molecular flexibility index (Phi) is 6.66. The van der Waals surface area contributed by atoms with Crippen molar-refractivity contribution in [3.8, 4) is 0 Å². The summed E-state index contributed by atoms with van der Waals surface area (Å²) in [6.45, 7) is 0. The predicted octanol–water partition coefficient (Wildman–Crippen LogP) is 1.12. The molecule has 0 aliphatic rings. The predicted molar refractivity (Wildman–Crippen MR) is 64.1 cm³/mol. The lowest BCUT2D eigenvalue weighted by molar-refractivity contribution is 0.592. The fraction of sp³-hybridized carbons (Fsp3) is 0.857. The van der Waals surface area contributed by atoms with Crippen molar-refractivity contribution in [3.05, 3.63) is 0 Å². The van der Waals surface area contributed by atoms with Gasteiger partial charge in [0.15, 0.2) is 0 Å². The van der Waals surface area contributed by atoms with Crippen LogP contribution in [0.15, 0.2) is 4.40 Å². The maximum Gasteiger partial charge on any atom is 0.254 e. The van der Waals surface area contributed by atoms with Crippen LogP contribution >= 0.6 is 22.6 Å². The monoisotopic (exact) mass is 318 g/mol. The summed E-state index contributed by atoms with van der Waals surface area (Å²) in [5.74, 6) is 0.153. The number of alkyl halides is 1. The van der Waals surface area contributed by atoms with Crippen molar-refractivity contribution in [1.29, 1.82) is 0 Å². The fourth-order valence-electron chi connectivity index (χ4n) is 0.598. The zero-order valence-corrected chi connectivity index (χ0v) is 10.9. The normalized spacial score (nSPS) is 12.2. The van der Waals surface area contributed by atoms with Crippen molar-refractivity contribution >= 4 is 39.0 Å². The number of rotatable bonds is 6. The molecule has 0 aromatic rings. The van der Waals surface area contributed by atoms with Crippen LogP contribution < -0.4 is 0 Å². The van der Waals surface area contributed by atoms with Gasteiger partial charge in [-0.2, -0.15) is 4.40 Å². The average molecular weight is 318 g/mol. The van der Waals surface area contributed by atoms with E-state index in [2.05, 4.69) is 27.0 Å². The molecule has 0 unspecified atom stereocenters. The van der Waals surface area contributed by atoms with Crippen LogP contribution in [0.5, 0.6) is 0 Å². The lowest BCUT2D eigenvalue weighted by Crippen LogP contribution is -2.11. The third-order valence-electron chi connectivity index (χ3n) is 1.22. The fourth-order valence-corrected chi connectivity index (χ4v) is 2.14. The molecule has 78 valence electrons. The molecule has 0 fully saturated rings. The number of unbranched alkanes of at least 4 members (excludes halogenated alkanes) is 1. The van der Waals surface area contributed by atoms with Gasteiger partial charge in [0.2, 0.25) is 0 Å². The van der Waals surface area contributed by atoms with Gasteiger partial charge in [0, 0.05) is 14.1 Å². The number of nitrogens with zero attached hydrogens (tertiary/aromatic N) is 2. The molecule has 0 saturated heterocycles. The summed E-state index contributed by atoms with van der Waals surface area (Å²) in [5, 5.41) is 0. The average Bonchev–Trinajstić information content (AvgIpc) is 2.02. The Morgan fingerprint density at radius 3 is 2.46 bits per heavy atom. The van der Waals surface area contributed by atoms with Crippen LogP contribution in [0, 0.1) is 0 Å². The molecule has 0 aromatic carbocycles. The molecule has 0 N–H and O–H groups in total. The van der Waals surface area contributed by atoms with Crippen molar-refractivity contribution in [2.24, 2.45) is 4.40 Å². The van der Waals surface area contributed by atoms with E-state index in [1.807, 2.05) is 0 Å². The molecule has 0 saturated carbocycles. The van der Waals surface area contributed by atoms with E-state index in [0.29, 0.717) is 6.42 Å². The summed E-state index contributed by atoms with van der Waals surface area (Å²) in [4.78, 5) is 1.61. The molecule has 0 amide bonds. The smallest absolute Gasteiger partial charge is 0.254 e. The van der Waals surface area contributed by atoms with E-state index < -0.39 is 10.0 Å². The van der Waals surface area contributed by atoms with Crippen LogP contribution in [-0.4, -0.2) is 43.9 Å². The number of hydrogen-bond donors (Lipinski definition) is 0. The van der Waals surface area contributed by atoms with E-state index >= 15 is 0 Å². The maximum atomic E-state index is 11.2. The third-order valence-corrected chi connectivity index (χ3v) is 3.21. The highest BCUT2D eigenvalue weighted by atomic mass is 127. The first kappa shape index (κ1) is 13.2. The highest BCUT2D eigenvalue weighted by molar-refractivity contribution is 14.1. The molecule has 4 nitrogen and oxygen atoms in total. The first-order valence-electron chi connectivity index (χ1n) is 3.98. The van der Waals surface area contributed by atoms with Gasteiger partial charge in [-0.25, -0.2) is 8.42 Å². The highest BCUT2D eigenvalue weighted by Gasteiger charge is 2.05. The van der Waals surface area contributed by atoms with Crippen LogP contribution in [0.3, 0.4) is 0 Å². The molecule has 0 bridgehead atoms. The minimum absolute atomic E-state index is 0.153. The Labute approximate surface area is 93.6 Å². The molecule has 0 aliphatic carbocycles. The molecule has 0 heterocycles. The lowest BCUT2D eigenvalue weighted by atomic mass is 10.4. The highest BCUT2D eigenvalue weighted by Crippen LogP contribution is 2.00. The van der Waals surface area contributed by atoms with E-state index in [1.165, 1.54) is 6.34 Å². The Hall–Kier alpha value is 0.150. The second-order valence-electron chi connectivity index (χ2n) is 2.87. The summed E-state index contributed by atoms with van der Waals surface area (Å²) in [5.41, 5.74) is 0. The number of halogens is 1. The largest absolute Gasteiger partial charge is 0.368 e. The summed E-state index contributed by atoms with van der Waals surface area (Å²) in [7, 11) is 0.255. The number of sulfonamides is 1. The van der Waals surface area contributed by atoms with Gasteiger partial charge in [-0.05, 0) is 17.3 Å². The summed E-state index contributed by atoms with van der Waals surface area (Å²) < 4.78 is 26.9. The molecule has 6 heteroatoms. The SMILES string of the molecule is CN(C)/C=N/S(=O)(=O)CCCCI. The Bertz CT molecular complexity index is 249. The molecule has 0 atom stereocenters. The van der Waals surface area contributed by atoms with Crippen LogP contribution in [0.4, 0.5) is 0 Å². The van der Waals surface area contributed by atoms with Crippen LogP contribution in [0.1, 0.15) is 12.8 Å². The van der Waals surface area contributed by atoms with Crippen molar-refractivity contribution in [2.45, 2.75) is 12.8 Å². The van der Waals surface area contributed by atoms with E-state index in [-0.39, 0.29) is 5.75 Å². The molecular weight excluding hydrogens is 303 g/mol. The van der Waals surface area contributed by atoms with Crippen molar-refractivity contribution in [3.63, 3.8) is 0 Å². The zero-order valence-electron chi connectivity index (χ0n) is 7.90. The molecule has 13 heavy (non-hydrogen) atoms. The summed E-state index contributed by atoms with van der Waals surface area (Å²) in [6.07, 6.45) is 2.94. The Morgan fingerprint density at radius 2 is 2.00 bits per heavy atom.